The first kappa shape index (κ1) is 15.2. The number of rotatable bonds is 5. The van der Waals surface area contributed by atoms with Crippen LogP contribution in [0.2, 0.25) is 0 Å². The first-order valence-electron chi connectivity index (χ1n) is 8.23. The summed E-state index contributed by atoms with van der Waals surface area (Å²) in [6.07, 6.45) is 3.22. The largest absolute Gasteiger partial charge is 0.378 e. The first-order chi connectivity index (χ1) is 10.3. The first-order valence-corrected chi connectivity index (χ1v) is 8.23. The zero-order valence-corrected chi connectivity index (χ0v) is 12.9. The van der Waals surface area contributed by atoms with Crippen molar-refractivity contribution in [1.29, 1.82) is 0 Å². The number of morpholine rings is 2. The van der Waals surface area contributed by atoms with Gasteiger partial charge in [-0.1, -0.05) is 6.92 Å². The molecule has 21 heavy (non-hydrogen) atoms. The van der Waals surface area contributed by atoms with Gasteiger partial charge < -0.3 is 14.8 Å². The molecule has 1 N–H and O–H groups in total. The van der Waals surface area contributed by atoms with Gasteiger partial charge in [-0.05, 0) is 19.4 Å². The van der Waals surface area contributed by atoms with Crippen LogP contribution in [-0.2, 0) is 14.3 Å². The Morgan fingerprint density at radius 1 is 1.29 bits per heavy atom. The van der Waals surface area contributed by atoms with Crippen LogP contribution in [0.1, 0.15) is 19.8 Å². The maximum absolute atomic E-state index is 12.3. The third kappa shape index (κ3) is 3.74. The Morgan fingerprint density at radius 2 is 2.05 bits per heavy atom. The van der Waals surface area contributed by atoms with Crippen LogP contribution in [0, 0.1) is 0 Å². The van der Waals surface area contributed by atoms with Gasteiger partial charge in [0.25, 0.3) is 0 Å². The minimum absolute atomic E-state index is 0.104. The number of nitrogens with one attached hydrogen (secondary N) is 1. The van der Waals surface area contributed by atoms with Gasteiger partial charge in [-0.15, -0.1) is 0 Å². The predicted octanol–water partition coefficient (Wildman–Crippen LogP) is -0.313. The van der Waals surface area contributed by atoms with E-state index in [1.807, 2.05) is 0 Å². The van der Waals surface area contributed by atoms with Gasteiger partial charge in [-0.25, -0.2) is 0 Å². The second-order valence-corrected chi connectivity index (χ2v) is 6.23. The molecule has 3 aliphatic rings. The third-order valence-corrected chi connectivity index (χ3v) is 4.79. The molecule has 0 saturated carbocycles. The van der Waals surface area contributed by atoms with Crippen molar-refractivity contribution in [3.63, 3.8) is 0 Å². The number of hydrogen-bond donors (Lipinski definition) is 1. The number of likely N-dealkylation sites (tertiary alicyclic amines) is 1. The average Bonchev–Trinajstić information content (AvgIpc) is 2.86. The lowest BCUT2D eigenvalue weighted by atomic mass is 10.2. The Balaban J connectivity index is 1.39. The normalized spacial score (nSPS) is 34.0. The van der Waals surface area contributed by atoms with Crippen LogP contribution < -0.4 is 5.32 Å². The van der Waals surface area contributed by atoms with Crippen LogP contribution in [0.25, 0.3) is 0 Å². The van der Waals surface area contributed by atoms with Crippen LogP contribution >= 0.6 is 0 Å². The number of hydrogen-bond acceptors (Lipinski definition) is 5. The van der Waals surface area contributed by atoms with Crippen molar-refractivity contribution in [3.8, 4) is 0 Å². The van der Waals surface area contributed by atoms with E-state index in [1.54, 1.807) is 0 Å². The van der Waals surface area contributed by atoms with E-state index in [1.165, 1.54) is 12.8 Å². The second-order valence-electron chi connectivity index (χ2n) is 6.23. The topological polar surface area (TPSA) is 54.0 Å². The summed E-state index contributed by atoms with van der Waals surface area (Å²) >= 11 is 0. The van der Waals surface area contributed by atoms with Crippen molar-refractivity contribution in [2.75, 3.05) is 52.5 Å². The minimum atomic E-state index is -0.121. The molecule has 3 aliphatic heterocycles. The Morgan fingerprint density at radius 3 is 2.76 bits per heavy atom. The molecular weight excluding hydrogens is 270 g/mol. The number of carbonyl (C=O) groups excluding carboxylic acids is 1. The molecule has 0 spiro atoms. The van der Waals surface area contributed by atoms with Crippen LogP contribution in [-0.4, -0.2) is 86.4 Å². The average molecular weight is 297 g/mol. The number of ether oxygens (including phenoxy) is 2. The van der Waals surface area contributed by atoms with Crippen molar-refractivity contribution < 1.29 is 14.3 Å². The van der Waals surface area contributed by atoms with Gasteiger partial charge in [0.15, 0.2) is 0 Å². The van der Waals surface area contributed by atoms with E-state index in [9.17, 15) is 4.79 Å². The molecule has 1 amide bonds. The summed E-state index contributed by atoms with van der Waals surface area (Å²) < 4.78 is 11.3. The molecule has 3 heterocycles. The molecule has 6 nitrogen and oxygen atoms in total. The molecule has 2 bridgehead atoms. The standard InChI is InChI=1S/C15H27N3O3/c1-2-18-7-8-20-11-14(18)15(19)16-5-6-17-9-12-3-4-13(10-17)21-12/h12-14H,2-11H2,1H3,(H,16,19). The summed E-state index contributed by atoms with van der Waals surface area (Å²) in [5.41, 5.74) is 0. The molecule has 3 unspecified atom stereocenters. The molecule has 0 aromatic heterocycles. The van der Waals surface area contributed by atoms with Crippen LogP contribution in [0.15, 0.2) is 0 Å². The fraction of sp³-hybridized carbons (Fsp3) is 0.933. The number of fused-ring (bicyclic) bond motifs is 2. The highest BCUT2D eigenvalue weighted by Gasteiger charge is 2.33. The second kappa shape index (κ2) is 7.05. The summed E-state index contributed by atoms with van der Waals surface area (Å²) in [4.78, 5) is 16.9. The molecule has 3 atom stereocenters. The monoisotopic (exact) mass is 297 g/mol. The SMILES string of the molecule is CCN1CCOCC1C(=O)NCCN1CC2CCC(C1)O2. The van der Waals surface area contributed by atoms with Crippen molar-refractivity contribution >= 4 is 5.91 Å². The number of nitrogens with zero attached hydrogens (tertiary/aromatic N) is 2. The number of amides is 1. The Hall–Kier alpha value is -0.690. The maximum atomic E-state index is 12.3. The zero-order valence-electron chi connectivity index (χ0n) is 12.9. The van der Waals surface area contributed by atoms with Gasteiger partial charge in [0, 0.05) is 32.7 Å². The summed E-state index contributed by atoms with van der Waals surface area (Å²) in [6, 6.07) is -0.121. The summed E-state index contributed by atoms with van der Waals surface area (Å²) in [5.74, 6) is 0.104. The lowest BCUT2D eigenvalue weighted by Gasteiger charge is -2.34. The summed E-state index contributed by atoms with van der Waals surface area (Å²) in [6.45, 7) is 8.74. The quantitative estimate of drug-likeness (QED) is 0.754. The molecule has 0 radical (unpaired) electrons. The fourth-order valence-corrected chi connectivity index (χ4v) is 3.59. The van der Waals surface area contributed by atoms with Crippen molar-refractivity contribution in [2.24, 2.45) is 0 Å². The van der Waals surface area contributed by atoms with Gasteiger partial charge in [-0.2, -0.15) is 0 Å². The van der Waals surface area contributed by atoms with E-state index < -0.39 is 0 Å². The third-order valence-electron chi connectivity index (χ3n) is 4.79. The molecule has 0 aromatic carbocycles. The predicted molar refractivity (Wildman–Crippen MR) is 79.2 cm³/mol. The van der Waals surface area contributed by atoms with E-state index in [-0.39, 0.29) is 11.9 Å². The highest BCUT2D eigenvalue weighted by Crippen LogP contribution is 2.25. The molecule has 3 fully saturated rings. The molecule has 120 valence electrons. The van der Waals surface area contributed by atoms with Gasteiger partial charge in [-0.3, -0.25) is 14.6 Å². The highest BCUT2D eigenvalue weighted by atomic mass is 16.5. The lowest BCUT2D eigenvalue weighted by molar-refractivity contribution is -0.132. The van der Waals surface area contributed by atoms with Crippen molar-refractivity contribution in [2.45, 2.75) is 38.0 Å². The van der Waals surface area contributed by atoms with Crippen LogP contribution in [0.5, 0.6) is 0 Å². The van der Waals surface area contributed by atoms with E-state index in [2.05, 4.69) is 22.0 Å². The summed E-state index contributed by atoms with van der Waals surface area (Å²) in [5, 5.41) is 3.07. The van der Waals surface area contributed by atoms with E-state index >= 15 is 0 Å². The van der Waals surface area contributed by atoms with Crippen LogP contribution in [0.3, 0.4) is 0 Å². The number of likely N-dealkylation sites (N-methyl/N-ethyl adjacent to an activating group) is 1. The van der Waals surface area contributed by atoms with Crippen molar-refractivity contribution in [1.82, 2.24) is 15.1 Å². The molecular formula is C15H27N3O3. The Labute approximate surface area is 126 Å². The number of carbonyl (C=O) groups is 1. The highest BCUT2D eigenvalue weighted by molar-refractivity contribution is 5.82. The van der Waals surface area contributed by atoms with E-state index in [4.69, 9.17) is 9.47 Å². The molecule has 0 aromatic rings. The lowest BCUT2D eigenvalue weighted by Crippen LogP contribution is -2.54. The molecule has 0 aliphatic carbocycles. The molecule has 6 heteroatoms. The zero-order chi connectivity index (χ0) is 14.7. The van der Waals surface area contributed by atoms with Gasteiger partial charge >= 0.3 is 0 Å². The van der Waals surface area contributed by atoms with Gasteiger partial charge in [0.2, 0.25) is 5.91 Å². The van der Waals surface area contributed by atoms with Gasteiger partial charge in [0.1, 0.15) is 6.04 Å². The molecule has 3 rings (SSSR count). The molecule has 3 saturated heterocycles. The van der Waals surface area contributed by atoms with E-state index in [0.717, 1.165) is 39.3 Å². The van der Waals surface area contributed by atoms with Crippen molar-refractivity contribution in [3.05, 3.63) is 0 Å². The summed E-state index contributed by atoms with van der Waals surface area (Å²) in [7, 11) is 0. The smallest absolute Gasteiger partial charge is 0.239 e. The van der Waals surface area contributed by atoms with E-state index in [0.29, 0.717) is 25.4 Å². The minimum Gasteiger partial charge on any atom is -0.378 e. The Bertz CT molecular complexity index is 354. The van der Waals surface area contributed by atoms with Gasteiger partial charge in [0.05, 0.1) is 25.4 Å². The van der Waals surface area contributed by atoms with Crippen LogP contribution in [0.4, 0.5) is 0 Å². The fourth-order valence-electron chi connectivity index (χ4n) is 3.59. The maximum Gasteiger partial charge on any atom is 0.239 e. The Kier molecular flexibility index (Phi) is 5.11.